The minimum atomic E-state index is -4.12. The van der Waals surface area contributed by atoms with E-state index >= 15 is 0 Å². The number of nitrogens with zero attached hydrogens (tertiary/aromatic N) is 2. The summed E-state index contributed by atoms with van der Waals surface area (Å²) in [4.78, 5) is 30.7. The summed E-state index contributed by atoms with van der Waals surface area (Å²) < 4.78 is 26.6. The Labute approximate surface area is 151 Å². The van der Waals surface area contributed by atoms with E-state index in [1.54, 1.807) is 11.6 Å². The Morgan fingerprint density at radius 2 is 1.96 bits per heavy atom. The Morgan fingerprint density at radius 1 is 1.28 bits per heavy atom. The molecule has 2 aromatic rings. The molecule has 1 aromatic heterocycles. The number of aryl methyl sites for hydroxylation is 1. The molecule has 0 fully saturated rings. The van der Waals surface area contributed by atoms with Gasteiger partial charge in [0.05, 0.1) is 21.5 Å². The van der Waals surface area contributed by atoms with Crippen molar-refractivity contribution in [2.75, 3.05) is 5.32 Å². The molecule has 25 heavy (non-hydrogen) atoms. The van der Waals surface area contributed by atoms with Crippen LogP contribution < -0.4 is 10.0 Å². The van der Waals surface area contributed by atoms with Gasteiger partial charge in [0, 0.05) is 6.20 Å². The second kappa shape index (κ2) is 7.57. The smallest absolute Gasteiger partial charge is 0.335 e. The number of carbonyl (C=O) groups excluding carboxylic acids is 1. The SMILES string of the molecule is Cc1nc(NC(=O)NS(=O)(=O)Cc2ccccc2C(=O)O)ncc1Br. The lowest BCUT2D eigenvalue weighted by molar-refractivity contribution is 0.0696. The molecule has 0 radical (unpaired) electrons. The van der Waals surface area contributed by atoms with Crippen molar-refractivity contribution < 1.29 is 23.1 Å². The summed E-state index contributed by atoms with van der Waals surface area (Å²) in [6.07, 6.45) is 1.41. The number of nitrogens with one attached hydrogen (secondary N) is 2. The number of halogens is 1. The van der Waals surface area contributed by atoms with Gasteiger partial charge < -0.3 is 5.11 Å². The molecule has 0 spiro atoms. The van der Waals surface area contributed by atoms with Crippen molar-refractivity contribution in [3.05, 3.63) is 51.8 Å². The third kappa shape index (κ3) is 5.22. The maximum atomic E-state index is 12.1. The van der Waals surface area contributed by atoms with Gasteiger partial charge in [-0.05, 0) is 34.5 Å². The normalized spacial score (nSPS) is 11.0. The summed E-state index contributed by atoms with van der Waals surface area (Å²) in [7, 11) is -4.12. The topological polar surface area (TPSA) is 138 Å². The van der Waals surface area contributed by atoms with E-state index in [0.29, 0.717) is 10.2 Å². The van der Waals surface area contributed by atoms with Crippen LogP contribution in [0.4, 0.5) is 10.7 Å². The fraction of sp³-hybridized carbons (Fsp3) is 0.143. The molecule has 0 saturated carbocycles. The number of rotatable bonds is 5. The van der Waals surface area contributed by atoms with Crippen LogP contribution in [0.2, 0.25) is 0 Å². The minimum absolute atomic E-state index is 0.0611. The number of amides is 2. The van der Waals surface area contributed by atoms with Gasteiger partial charge in [0.2, 0.25) is 16.0 Å². The number of hydrogen-bond acceptors (Lipinski definition) is 6. The van der Waals surface area contributed by atoms with Crippen LogP contribution in [0.25, 0.3) is 0 Å². The highest BCUT2D eigenvalue weighted by molar-refractivity contribution is 9.10. The molecule has 0 aliphatic heterocycles. The van der Waals surface area contributed by atoms with Gasteiger partial charge in [-0.3, -0.25) is 5.32 Å². The Kier molecular flexibility index (Phi) is 5.69. The molecule has 132 valence electrons. The van der Waals surface area contributed by atoms with E-state index in [2.05, 4.69) is 31.2 Å². The van der Waals surface area contributed by atoms with Crippen LogP contribution in [0.1, 0.15) is 21.6 Å². The minimum Gasteiger partial charge on any atom is -0.478 e. The summed E-state index contributed by atoms with van der Waals surface area (Å²) in [6.45, 7) is 1.68. The van der Waals surface area contributed by atoms with Gasteiger partial charge in [-0.25, -0.2) is 32.7 Å². The second-order valence-electron chi connectivity index (χ2n) is 4.90. The number of benzene rings is 1. The molecule has 0 bridgehead atoms. The van der Waals surface area contributed by atoms with Crippen LogP contribution in [-0.2, 0) is 15.8 Å². The maximum Gasteiger partial charge on any atom is 0.335 e. The molecule has 1 aromatic carbocycles. The van der Waals surface area contributed by atoms with Gasteiger partial charge in [-0.1, -0.05) is 18.2 Å². The highest BCUT2D eigenvalue weighted by atomic mass is 79.9. The van der Waals surface area contributed by atoms with Crippen molar-refractivity contribution in [3.63, 3.8) is 0 Å². The van der Waals surface area contributed by atoms with Crippen LogP contribution in [-0.4, -0.2) is 35.5 Å². The predicted octanol–water partition coefficient (Wildman–Crippen LogP) is 1.90. The van der Waals surface area contributed by atoms with E-state index in [4.69, 9.17) is 5.11 Å². The molecule has 3 N–H and O–H groups in total. The standard InChI is InChI=1S/C14H13BrN4O5S/c1-8-11(15)6-16-13(17-8)18-14(22)19-25(23,24)7-9-4-2-3-5-10(9)12(20)21/h2-6H,7H2,1H3,(H,20,21)(H2,16,17,18,19,22). The zero-order valence-electron chi connectivity index (χ0n) is 12.9. The number of carbonyl (C=O) groups is 2. The van der Waals surface area contributed by atoms with Crippen molar-refractivity contribution in [1.82, 2.24) is 14.7 Å². The highest BCUT2D eigenvalue weighted by Gasteiger charge is 2.20. The molecule has 9 nitrogen and oxygen atoms in total. The van der Waals surface area contributed by atoms with Crippen LogP contribution in [0, 0.1) is 6.92 Å². The average molecular weight is 429 g/mol. The first-order valence-corrected chi connectivity index (χ1v) is 9.24. The first-order chi connectivity index (χ1) is 11.7. The monoisotopic (exact) mass is 428 g/mol. The van der Waals surface area contributed by atoms with Gasteiger partial charge in [-0.15, -0.1) is 0 Å². The number of aromatic carboxylic acids is 1. The number of carboxylic acids is 1. The van der Waals surface area contributed by atoms with Crippen molar-refractivity contribution in [1.29, 1.82) is 0 Å². The van der Waals surface area contributed by atoms with E-state index < -0.39 is 27.8 Å². The number of sulfonamides is 1. The fourth-order valence-corrected chi connectivity index (χ4v) is 3.13. The maximum absolute atomic E-state index is 12.1. The van der Waals surface area contributed by atoms with E-state index in [1.807, 2.05) is 0 Å². The largest absolute Gasteiger partial charge is 0.478 e. The number of hydrogen-bond donors (Lipinski definition) is 3. The van der Waals surface area contributed by atoms with Gasteiger partial charge in [0.1, 0.15) is 0 Å². The Morgan fingerprint density at radius 3 is 2.60 bits per heavy atom. The number of aromatic nitrogens is 2. The molecule has 1 heterocycles. The van der Waals surface area contributed by atoms with E-state index in [1.165, 1.54) is 30.5 Å². The van der Waals surface area contributed by atoms with E-state index in [-0.39, 0.29) is 17.1 Å². The molecular formula is C14H13BrN4O5S. The van der Waals surface area contributed by atoms with Crippen molar-refractivity contribution in [2.24, 2.45) is 0 Å². The lowest BCUT2D eigenvalue weighted by atomic mass is 10.1. The van der Waals surface area contributed by atoms with E-state index in [0.717, 1.165) is 0 Å². The molecule has 2 amide bonds. The van der Waals surface area contributed by atoms with Gasteiger partial charge in [0.15, 0.2) is 0 Å². The summed E-state index contributed by atoms with van der Waals surface area (Å²) in [6, 6.07) is 4.59. The Balaban J connectivity index is 2.09. The van der Waals surface area contributed by atoms with Gasteiger partial charge in [0.25, 0.3) is 0 Å². The molecule has 0 aliphatic carbocycles. The molecule has 0 saturated heterocycles. The molecule has 0 aliphatic rings. The lowest BCUT2D eigenvalue weighted by Gasteiger charge is -2.10. The first-order valence-electron chi connectivity index (χ1n) is 6.80. The van der Waals surface area contributed by atoms with E-state index in [9.17, 15) is 18.0 Å². The third-order valence-electron chi connectivity index (χ3n) is 2.99. The van der Waals surface area contributed by atoms with Crippen LogP contribution in [0.15, 0.2) is 34.9 Å². The van der Waals surface area contributed by atoms with Gasteiger partial charge in [-0.2, -0.15) is 0 Å². The van der Waals surface area contributed by atoms with Crippen molar-refractivity contribution in [2.45, 2.75) is 12.7 Å². The summed E-state index contributed by atoms with van der Waals surface area (Å²) in [5, 5.41) is 11.3. The van der Waals surface area contributed by atoms with Crippen molar-refractivity contribution in [3.8, 4) is 0 Å². The highest BCUT2D eigenvalue weighted by Crippen LogP contribution is 2.14. The summed E-state index contributed by atoms with van der Waals surface area (Å²) in [5.74, 6) is -1.99. The van der Waals surface area contributed by atoms with Crippen LogP contribution in [0.3, 0.4) is 0 Å². The summed E-state index contributed by atoms with van der Waals surface area (Å²) in [5.41, 5.74) is 0.467. The van der Waals surface area contributed by atoms with Gasteiger partial charge >= 0.3 is 12.0 Å². The first kappa shape index (κ1) is 18.8. The van der Waals surface area contributed by atoms with Crippen LogP contribution in [0.5, 0.6) is 0 Å². The Hall–Kier alpha value is -2.53. The lowest BCUT2D eigenvalue weighted by Crippen LogP contribution is -2.36. The van der Waals surface area contributed by atoms with Crippen LogP contribution >= 0.6 is 15.9 Å². The Bertz CT molecular complexity index is 933. The predicted molar refractivity (Wildman–Crippen MR) is 92.6 cm³/mol. The van der Waals surface area contributed by atoms with Crippen molar-refractivity contribution >= 4 is 43.9 Å². The average Bonchev–Trinajstić information content (AvgIpc) is 2.50. The second-order valence-corrected chi connectivity index (χ2v) is 7.48. The fourth-order valence-electron chi connectivity index (χ4n) is 1.88. The molecule has 0 atom stereocenters. The zero-order chi connectivity index (χ0) is 18.6. The quantitative estimate of drug-likeness (QED) is 0.660. The summed E-state index contributed by atoms with van der Waals surface area (Å²) >= 11 is 3.20. The number of urea groups is 1. The zero-order valence-corrected chi connectivity index (χ0v) is 15.3. The number of carboxylic acid groups (broad SMARTS) is 1. The molecular weight excluding hydrogens is 416 g/mol. The molecule has 2 rings (SSSR count). The molecule has 0 unspecified atom stereocenters. The third-order valence-corrected chi connectivity index (χ3v) is 4.95. The molecule has 11 heteroatoms. The number of anilines is 1.